The SMILES string of the molecule is CCc1nccc(C)c1-c1cccc2c(CCCOc3cccc4ccccc34)c(C(=O)O)n(CCN(C)C)c12. The van der Waals surface area contributed by atoms with Gasteiger partial charge in [-0.05, 0) is 68.9 Å². The van der Waals surface area contributed by atoms with Crippen molar-refractivity contribution in [2.45, 2.75) is 39.7 Å². The predicted octanol–water partition coefficient (Wildman–Crippen LogP) is 7.00. The lowest BCUT2D eigenvalue weighted by Gasteiger charge is -2.17. The first-order chi connectivity index (χ1) is 19.4. The summed E-state index contributed by atoms with van der Waals surface area (Å²) in [7, 11) is 4.03. The molecule has 6 heteroatoms. The van der Waals surface area contributed by atoms with Crippen LogP contribution in [0.25, 0.3) is 32.8 Å². The van der Waals surface area contributed by atoms with Crippen molar-refractivity contribution in [3.63, 3.8) is 0 Å². The van der Waals surface area contributed by atoms with E-state index in [4.69, 9.17) is 4.74 Å². The lowest BCUT2D eigenvalue weighted by molar-refractivity contribution is 0.0683. The van der Waals surface area contributed by atoms with Crippen molar-refractivity contribution in [1.82, 2.24) is 14.5 Å². The van der Waals surface area contributed by atoms with E-state index in [1.165, 1.54) is 0 Å². The molecule has 0 aliphatic rings. The highest BCUT2D eigenvalue weighted by molar-refractivity contribution is 6.04. The Morgan fingerprint density at radius 2 is 1.75 bits per heavy atom. The maximum Gasteiger partial charge on any atom is 0.352 e. The van der Waals surface area contributed by atoms with E-state index in [9.17, 15) is 9.90 Å². The number of ether oxygens (including phenoxy) is 1. The number of pyridine rings is 1. The molecule has 0 radical (unpaired) electrons. The fourth-order valence-corrected chi connectivity index (χ4v) is 5.71. The molecular formula is C34H37N3O3. The Labute approximate surface area is 235 Å². The number of nitrogens with zero attached hydrogens (tertiary/aromatic N) is 3. The molecule has 0 amide bonds. The molecule has 0 saturated heterocycles. The van der Waals surface area contributed by atoms with Gasteiger partial charge in [0.1, 0.15) is 11.4 Å². The molecule has 0 aliphatic carbocycles. The smallest absolute Gasteiger partial charge is 0.352 e. The molecule has 0 aliphatic heterocycles. The third-order valence-electron chi connectivity index (χ3n) is 7.58. The number of aromatic carboxylic acids is 1. The molecule has 2 aromatic heterocycles. The van der Waals surface area contributed by atoms with Crippen molar-refractivity contribution in [3.8, 4) is 16.9 Å². The highest BCUT2D eigenvalue weighted by Gasteiger charge is 2.25. The largest absolute Gasteiger partial charge is 0.493 e. The predicted molar refractivity (Wildman–Crippen MR) is 163 cm³/mol. The summed E-state index contributed by atoms with van der Waals surface area (Å²) in [6.45, 7) is 6.02. The van der Waals surface area contributed by atoms with Crippen LogP contribution in [0.4, 0.5) is 0 Å². The maximum absolute atomic E-state index is 12.8. The number of benzene rings is 3. The quantitative estimate of drug-likeness (QED) is 0.185. The molecule has 0 bridgehead atoms. The van der Waals surface area contributed by atoms with Gasteiger partial charge in [0.25, 0.3) is 0 Å². The number of rotatable bonds is 11. The van der Waals surface area contributed by atoms with E-state index in [0.29, 0.717) is 31.7 Å². The number of para-hydroxylation sites is 1. The van der Waals surface area contributed by atoms with E-state index in [2.05, 4.69) is 54.1 Å². The average Bonchev–Trinajstić information content (AvgIpc) is 3.28. The molecule has 1 N–H and O–H groups in total. The summed E-state index contributed by atoms with van der Waals surface area (Å²) in [5.41, 5.74) is 6.51. The van der Waals surface area contributed by atoms with Crippen LogP contribution < -0.4 is 4.74 Å². The zero-order chi connectivity index (χ0) is 28.2. The molecule has 6 nitrogen and oxygen atoms in total. The Hall–Kier alpha value is -4.16. The second kappa shape index (κ2) is 11.9. The Bertz CT molecular complexity index is 1660. The topological polar surface area (TPSA) is 67.6 Å². The van der Waals surface area contributed by atoms with Gasteiger partial charge in [-0.3, -0.25) is 4.98 Å². The fraction of sp³-hybridized carbons (Fsp3) is 0.294. The van der Waals surface area contributed by atoms with Gasteiger partial charge in [0.2, 0.25) is 0 Å². The van der Waals surface area contributed by atoms with Crippen LogP contribution in [0.1, 0.15) is 40.7 Å². The summed E-state index contributed by atoms with van der Waals surface area (Å²) in [6.07, 6.45) is 3.96. The minimum atomic E-state index is -0.899. The van der Waals surface area contributed by atoms with Crippen molar-refractivity contribution >= 4 is 27.6 Å². The maximum atomic E-state index is 12.8. The van der Waals surface area contributed by atoms with Crippen LogP contribution in [-0.2, 0) is 19.4 Å². The normalized spacial score (nSPS) is 11.5. The number of carboxylic acids is 1. The molecule has 5 aromatic rings. The van der Waals surface area contributed by atoms with Gasteiger partial charge in [-0.25, -0.2) is 4.79 Å². The monoisotopic (exact) mass is 535 g/mol. The second-order valence-electron chi connectivity index (χ2n) is 10.5. The number of carboxylic acid groups (broad SMARTS) is 1. The number of aryl methyl sites for hydroxylation is 3. The molecule has 0 unspecified atom stereocenters. The Kier molecular flexibility index (Phi) is 8.17. The van der Waals surface area contributed by atoms with Crippen LogP contribution >= 0.6 is 0 Å². The molecule has 206 valence electrons. The van der Waals surface area contributed by atoms with E-state index in [1.54, 1.807) is 0 Å². The molecule has 3 aromatic carbocycles. The minimum Gasteiger partial charge on any atom is -0.493 e. The first-order valence-corrected chi connectivity index (χ1v) is 14.0. The van der Waals surface area contributed by atoms with Crippen LogP contribution in [0.5, 0.6) is 5.75 Å². The van der Waals surface area contributed by atoms with E-state index in [1.807, 2.05) is 61.3 Å². The second-order valence-corrected chi connectivity index (χ2v) is 10.5. The number of hydrogen-bond donors (Lipinski definition) is 1. The van der Waals surface area contributed by atoms with Crippen molar-refractivity contribution in [2.24, 2.45) is 0 Å². The zero-order valence-corrected chi connectivity index (χ0v) is 23.8. The molecule has 5 rings (SSSR count). The highest BCUT2D eigenvalue weighted by Crippen LogP contribution is 2.38. The van der Waals surface area contributed by atoms with E-state index in [0.717, 1.165) is 68.3 Å². The fourth-order valence-electron chi connectivity index (χ4n) is 5.71. The zero-order valence-electron chi connectivity index (χ0n) is 23.8. The van der Waals surface area contributed by atoms with E-state index >= 15 is 0 Å². The molecule has 0 saturated carbocycles. The highest BCUT2D eigenvalue weighted by atomic mass is 16.5. The third kappa shape index (κ3) is 5.32. The average molecular weight is 536 g/mol. The van der Waals surface area contributed by atoms with Gasteiger partial charge in [0, 0.05) is 46.9 Å². The number of carbonyl (C=O) groups is 1. The summed E-state index contributed by atoms with van der Waals surface area (Å²) >= 11 is 0. The van der Waals surface area contributed by atoms with Crippen molar-refractivity contribution in [2.75, 3.05) is 27.2 Å². The van der Waals surface area contributed by atoms with Crippen LogP contribution in [-0.4, -0.2) is 52.8 Å². The lowest BCUT2D eigenvalue weighted by Crippen LogP contribution is -2.21. The van der Waals surface area contributed by atoms with Crippen LogP contribution in [0, 0.1) is 6.92 Å². The number of hydrogen-bond acceptors (Lipinski definition) is 4. The molecule has 2 heterocycles. The summed E-state index contributed by atoms with van der Waals surface area (Å²) in [6, 6.07) is 22.5. The Balaban J connectivity index is 1.56. The van der Waals surface area contributed by atoms with Gasteiger partial charge in [0.15, 0.2) is 0 Å². The van der Waals surface area contributed by atoms with Crippen molar-refractivity contribution < 1.29 is 14.6 Å². The standard InChI is InChI=1S/C34H37N3O3/c1-5-29-31(23(2)18-19-35-29)28-15-9-14-26-27(33(34(38)39)37(32(26)28)21-20-36(3)4)16-10-22-40-30-17-8-12-24-11-6-7-13-25(24)30/h6-9,11-15,17-19H,5,10,16,20-22H2,1-4H3,(H,38,39). The first-order valence-electron chi connectivity index (χ1n) is 14.0. The van der Waals surface area contributed by atoms with E-state index in [-0.39, 0.29) is 0 Å². The van der Waals surface area contributed by atoms with Crippen LogP contribution in [0.2, 0.25) is 0 Å². The summed E-state index contributed by atoms with van der Waals surface area (Å²) in [5.74, 6) is -0.0455. The Morgan fingerprint density at radius 1 is 1.00 bits per heavy atom. The van der Waals surface area contributed by atoms with Gasteiger partial charge in [-0.1, -0.05) is 61.5 Å². The Morgan fingerprint density at radius 3 is 2.52 bits per heavy atom. The summed E-state index contributed by atoms with van der Waals surface area (Å²) < 4.78 is 8.22. The molecule has 0 spiro atoms. The van der Waals surface area contributed by atoms with Gasteiger partial charge in [-0.2, -0.15) is 0 Å². The van der Waals surface area contributed by atoms with Gasteiger partial charge >= 0.3 is 5.97 Å². The minimum absolute atomic E-state index is 0.369. The number of fused-ring (bicyclic) bond motifs is 2. The molecule has 0 atom stereocenters. The first kappa shape index (κ1) is 27.4. The van der Waals surface area contributed by atoms with Gasteiger partial charge in [-0.15, -0.1) is 0 Å². The van der Waals surface area contributed by atoms with E-state index < -0.39 is 5.97 Å². The van der Waals surface area contributed by atoms with Gasteiger partial charge < -0.3 is 19.3 Å². The summed E-state index contributed by atoms with van der Waals surface area (Å²) in [5, 5.41) is 13.7. The molecule has 40 heavy (non-hydrogen) atoms. The lowest BCUT2D eigenvalue weighted by atomic mass is 9.95. The van der Waals surface area contributed by atoms with Crippen LogP contribution in [0.3, 0.4) is 0 Å². The van der Waals surface area contributed by atoms with Gasteiger partial charge in [0.05, 0.1) is 12.1 Å². The third-order valence-corrected chi connectivity index (χ3v) is 7.58. The summed E-state index contributed by atoms with van der Waals surface area (Å²) in [4.78, 5) is 19.6. The van der Waals surface area contributed by atoms with Crippen molar-refractivity contribution in [1.29, 1.82) is 0 Å². The molecule has 0 fully saturated rings. The van der Waals surface area contributed by atoms with Crippen molar-refractivity contribution in [3.05, 3.63) is 95.4 Å². The van der Waals surface area contributed by atoms with Crippen LogP contribution in [0.15, 0.2) is 72.9 Å². The number of aromatic nitrogens is 2. The molecular weight excluding hydrogens is 498 g/mol. The number of likely N-dealkylation sites (N-methyl/N-ethyl adjacent to an activating group) is 1.